The van der Waals surface area contributed by atoms with Gasteiger partial charge in [-0.2, -0.15) is 5.21 Å². The van der Waals surface area contributed by atoms with Crippen LogP contribution in [0, 0.1) is 5.82 Å². The Bertz CT molecular complexity index is 825. The van der Waals surface area contributed by atoms with Crippen molar-refractivity contribution in [2.24, 2.45) is 0 Å². The average Bonchev–Trinajstić information content (AvgIpc) is 3.21. The number of aromatic nitrogens is 4. The number of nitrogens with zero attached hydrogens (tertiary/aromatic N) is 3. The van der Waals surface area contributed by atoms with Gasteiger partial charge in [0.1, 0.15) is 11.6 Å². The van der Waals surface area contributed by atoms with Crippen LogP contribution in [0.25, 0.3) is 0 Å². The summed E-state index contributed by atoms with van der Waals surface area (Å²) in [5.74, 6) is -1.71. The predicted octanol–water partition coefficient (Wildman–Crippen LogP) is 1.52. The summed E-state index contributed by atoms with van der Waals surface area (Å²) in [4.78, 5) is 23.6. The van der Waals surface area contributed by atoms with Crippen LogP contribution in [0.3, 0.4) is 0 Å². The van der Waals surface area contributed by atoms with Gasteiger partial charge in [0, 0.05) is 6.42 Å². The first-order valence-electron chi connectivity index (χ1n) is 6.73. The number of aromatic amines is 1. The maximum absolute atomic E-state index is 12.9. The summed E-state index contributed by atoms with van der Waals surface area (Å²) in [5, 5.41) is 12.3. The molecule has 0 aliphatic rings. The molecular weight excluding hydrogens is 303 g/mol. The topological polar surface area (TPSA) is 102 Å². The third kappa shape index (κ3) is 3.54. The van der Waals surface area contributed by atoms with E-state index in [1.807, 2.05) is 0 Å². The molecule has 1 aromatic carbocycles. The third-order valence-electron chi connectivity index (χ3n) is 3.17. The smallest absolute Gasteiger partial charge is 0.269 e. The zero-order valence-electron chi connectivity index (χ0n) is 11.8. The van der Waals surface area contributed by atoms with Gasteiger partial charge in [-0.3, -0.25) is 9.59 Å². The number of Topliss-reactive ketones (excluding diaryl/α,β-unsaturated/α-hetero) is 2. The van der Waals surface area contributed by atoms with Crippen LogP contribution >= 0.6 is 0 Å². The maximum atomic E-state index is 12.9. The Morgan fingerprint density at radius 1 is 1.17 bits per heavy atom. The summed E-state index contributed by atoms with van der Waals surface area (Å²) in [5.41, 5.74) is 1.74. The molecule has 0 saturated carbocycles. The molecular formula is C15H11FN4O3. The van der Waals surface area contributed by atoms with Gasteiger partial charge in [0.05, 0.1) is 12.7 Å². The van der Waals surface area contributed by atoms with Crippen molar-refractivity contribution < 1.29 is 18.4 Å². The Balaban J connectivity index is 1.64. The number of hydrogen-bond donors (Lipinski definition) is 1. The van der Waals surface area contributed by atoms with Gasteiger partial charge in [-0.05, 0) is 34.5 Å². The lowest BCUT2D eigenvalue weighted by molar-refractivity contribution is -0.114. The largest absolute Gasteiger partial charge is 0.469 e. The predicted molar refractivity (Wildman–Crippen MR) is 75.1 cm³/mol. The van der Waals surface area contributed by atoms with Crippen molar-refractivity contribution in [2.45, 2.75) is 12.8 Å². The molecule has 8 heteroatoms. The highest BCUT2D eigenvalue weighted by Gasteiger charge is 2.22. The Kier molecular flexibility index (Phi) is 4.05. The molecule has 7 nitrogen and oxygen atoms in total. The zero-order chi connectivity index (χ0) is 16.2. The van der Waals surface area contributed by atoms with E-state index in [-0.39, 0.29) is 18.1 Å². The van der Waals surface area contributed by atoms with E-state index in [2.05, 4.69) is 20.6 Å². The minimum atomic E-state index is -0.824. The van der Waals surface area contributed by atoms with Crippen LogP contribution in [0.4, 0.5) is 4.39 Å². The number of carbonyl (C=O) groups excluding carboxylic acids is 2. The monoisotopic (exact) mass is 314 g/mol. The van der Waals surface area contributed by atoms with E-state index in [0.717, 1.165) is 11.1 Å². The molecule has 116 valence electrons. The van der Waals surface area contributed by atoms with Crippen LogP contribution in [0.5, 0.6) is 0 Å². The van der Waals surface area contributed by atoms with Gasteiger partial charge in [0.2, 0.25) is 11.6 Å². The van der Waals surface area contributed by atoms with Crippen LogP contribution in [0.2, 0.25) is 0 Å². The molecule has 0 fully saturated rings. The molecule has 23 heavy (non-hydrogen) atoms. The number of hydrogen-bond acceptors (Lipinski definition) is 6. The van der Waals surface area contributed by atoms with E-state index in [4.69, 9.17) is 4.42 Å². The van der Waals surface area contributed by atoms with Crippen molar-refractivity contribution in [3.05, 3.63) is 65.1 Å². The van der Waals surface area contributed by atoms with Crippen molar-refractivity contribution >= 4 is 11.6 Å². The number of halogens is 1. The van der Waals surface area contributed by atoms with E-state index in [0.29, 0.717) is 12.2 Å². The minimum Gasteiger partial charge on any atom is -0.469 e. The highest BCUT2D eigenvalue weighted by molar-refractivity contribution is 6.42. The number of carbonyl (C=O) groups is 2. The van der Waals surface area contributed by atoms with E-state index >= 15 is 0 Å². The number of rotatable bonds is 6. The molecule has 0 saturated heterocycles. The lowest BCUT2D eigenvalue weighted by Crippen LogP contribution is -2.18. The van der Waals surface area contributed by atoms with Crippen molar-refractivity contribution in [1.29, 1.82) is 0 Å². The van der Waals surface area contributed by atoms with Crippen LogP contribution < -0.4 is 0 Å². The Hall–Kier alpha value is -3.16. The molecule has 0 radical (unpaired) electrons. The molecule has 1 N–H and O–H groups in total. The standard InChI is InChI=1S/C15H11FN4O3/c16-11-3-1-9(2-4-11)5-10-6-12(23-8-10)7-13(21)14(22)15-17-19-20-18-15/h1-4,6,8H,5,7H2,(H,17,18,19,20). The second kappa shape index (κ2) is 6.30. The lowest BCUT2D eigenvalue weighted by Gasteiger charge is -1.97. The fraction of sp³-hybridized carbons (Fsp3) is 0.133. The first-order chi connectivity index (χ1) is 11.1. The number of tetrazole rings is 1. The zero-order valence-corrected chi connectivity index (χ0v) is 11.8. The number of benzene rings is 1. The first-order valence-corrected chi connectivity index (χ1v) is 6.73. The molecule has 3 rings (SSSR count). The second-order valence-corrected chi connectivity index (χ2v) is 4.89. The SMILES string of the molecule is O=C(Cc1cc(Cc2ccc(F)cc2)co1)C(=O)c1nn[nH]n1. The van der Waals surface area contributed by atoms with E-state index in [1.165, 1.54) is 18.4 Å². The highest BCUT2D eigenvalue weighted by Crippen LogP contribution is 2.15. The van der Waals surface area contributed by atoms with Gasteiger partial charge >= 0.3 is 0 Å². The summed E-state index contributed by atoms with van der Waals surface area (Å²) in [6, 6.07) is 7.79. The molecule has 2 heterocycles. The fourth-order valence-electron chi connectivity index (χ4n) is 2.07. The Labute approximate surface area is 129 Å². The van der Waals surface area contributed by atoms with E-state index in [9.17, 15) is 14.0 Å². The number of nitrogens with one attached hydrogen (secondary N) is 1. The molecule has 0 unspecified atom stereocenters. The summed E-state index contributed by atoms with van der Waals surface area (Å²) in [6.07, 6.45) is 1.86. The fourth-order valence-corrected chi connectivity index (χ4v) is 2.07. The summed E-state index contributed by atoms with van der Waals surface area (Å²) < 4.78 is 18.1. The van der Waals surface area contributed by atoms with Gasteiger partial charge in [-0.1, -0.05) is 12.1 Å². The highest BCUT2D eigenvalue weighted by atomic mass is 19.1. The van der Waals surface area contributed by atoms with Gasteiger partial charge in [-0.25, -0.2) is 4.39 Å². The van der Waals surface area contributed by atoms with Gasteiger partial charge < -0.3 is 4.42 Å². The van der Waals surface area contributed by atoms with Crippen LogP contribution in [-0.2, 0) is 17.6 Å². The van der Waals surface area contributed by atoms with Crippen LogP contribution in [0.15, 0.2) is 41.0 Å². The quantitative estimate of drug-likeness (QED) is 0.546. The number of H-pyrrole nitrogens is 1. The third-order valence-corrected chi connectivity index (χ3v) is 3.17. The number of ketones is 2. The normalized spacial score (nSPS) is 10.7. The molecule has 0 spiro atoms. The maximum Gasteiger partial charge on any atom is 0.269 e. The molecule has 2 aromatic heterocycles. The van der Waals surface area contributed by atoms with Crippen LogP contribution in [0.1, 0.15) is 27.5 Å². The van der Waals surface area contributed by atoms with E-state index in [1.54, 1.807) is 18.2 Å². The molecule has 0 atom stereocenters. The van der Waals surface area contributed by atoms with Gasteiger partial charge in [0.15, 0.2) is 0 Å². The van der Waals surface area contributed by atoms with Gasteiger partial charge in [0.25, 0.3) is 5.78 Å². The second-order valence-electron chi connectivity index (χ2n) is 4.89. The Morgan fingerprint density at radius 2 is 1.96 bits per heavy atom. The summed E-state index contributed by atoms with van der Waals surface area (Å²) in [7, 11) is 0. The van der Waals surface area contributed by atoms with Crippen molar-refractivity contribution in [3.63, 3.8) is 0 Å². The molecule has 0 aliphatic carbocycles. The minimum absolute atomic E-state index is 0.184. The van der Waals surface area contributed by atoms with Crippen molar-refractivity contribution in [3.8, 4) is 0 Å². The average molecular weight is 314 g/mol. The molecule has 3 aromatic rings. The Morgan fingerprint density at radius 3 is 2.65 bits per heavy atom. The van der Waals surface area contributed by atoms with Crippen molar-refractivity contribution in [1.82, 2.24) is 20.6 Å². The number of furan rings is 1. The van der Waals surface area contributed by atoms with Gasteiger partial charge in [-0.15, -0.1) is 10.2 Å². The summed E-state index contributed by atoms with van der Waals surface area (Å²) in [6.45, 7) is 0. The van der Waals surface area contributed by atoms with Crippen molar-refractivity contribution in [2.75, 3.05) is 0 Å². The molecule has 0 bridgehead atoms. The molecule has 0 aliphatic heterocycles. The van der Waals surface area contributed by atoms with Crippen LogP contribution in [-0.4, -0.2) is 32.2 Å². The molecule has 0 amide bonds. The first kappa shape index (κ1) is 14.8. The summed E-state index contributed by atoms with van der Waals surface area (Å²) >= 11 is 0. The lowest BCUT2D eigenvalue weighted by atomic mass is 10.1. The van der Waals surface area contributed by atoms with E-state index < -0.39 is 11.6 Å².